The van der Waals surface area contributed by atoms with Crippen LogP contribution in [0.5, 0.6) is 0 Å². The zero-order chi connectivity index (χ0) is 16.3. The lowest BCUT2D eigenvalue weighted by Crippen LogP contribution is -2.16. The molecule has 0 fully saturated rings. The topological polar surface area (TPSA) is 85.4 Å². The van der Waals surface area contributed by atoms with Crippen molar-refractivity contribution >= 4 is 49.2 Å². The van der Waals surface area contributed by atoms with Crippen LogP contribution in [0.15, 0.2) is 45.9 Å². The van der Waals surface area contributed by atoms with Crippen molar-refractivity contribution in [1.82, 2.24) is 4.98 Å². The Morgan fingerprint density at radius 3 is 2.68 bits per heavy atom. The van der Waals surface area contributed by atoms with Gasteiger partial charge in [-0.2, -0.15) is 0 Å². The Kier molecular flexibility index (Phi) is 5.05. The molecule has 0 amide bonds. The number of hydrogen-bond acceptors (Lipinski definition) is 5. The molecule has 0 saturated heterocycles. The van der Waals surface area contributed by atoms with E-state index in [1.165, 1.54) is 25.3 Å². The van der Waals surface area contributed by atoms with Gasteiger partial charge in [0.1, 0.15) is 10.0 Å². The number of ether oxygens (including phenoxy) is 1. The van der Waals surface area contributed by atoms with Crippen LogP contribution < -0.4 is 4.72 Å². The second kappa shape index (κ2) is 6.64. The summed E-state index contributed by atoms with van der Waals surface area (Å²) in [5.41, 5.74) is 0.218. The molecule has 2 rings (SSSR count). The first-order chi connectivity index (χ1) is 10.3. The highest BCUT2D eigenvalue weighted by Crippen LogP contribution is 2.25. The Labute approximate surface area is 140 Å². The number of nitrogens with one attached hydrogen (secondary N) is 1. The van der Waals surface area contributed by atoms with E-state index in [0.717, 1.165) is 6.20 Å². The zero-order valence-corrected chi connectivity index (χ0v) is 14.4. The summed E-state index contributed by atoms with van der Waals surface area (Å²) in [6.07, 6.45) is 1.12. The molecule has 0 atom stereocenters. The Hall–Kier alpha value is -1.64. The lowest BCUT2D eigenvalue weighted by Gasteiger charge is -2.11. The van der Waals surface area contributed by atoms with Crippen LogP contribution in [-0.2, 0) is 14.8 Å². The number of rotatable bonds is 4. The summed E-state index contributed by atoms with van der Waals surface area (Å²) < 4.78 is 32.0. The predicted molar refractivity (Wildman–Crippen MR) is 85.5 cm³/mol. The van der Waals surface area contributed by atoms with Gasteiger partial charge >= 0.3 is 5.97 Å². The predicted octanol–water partition coefficient (Wildman–Crippen LogP) is 3.08. The molecule has 22 heavy (non-hydrogen) atoms. The lowest BCUT2D eigenvalue weighted by atomic mass is 10.2. The second-order valence-electron chi connectivity index (χ2n) is 4.09. The van der Waals surface area contributed by atoms with Gasteiger partial charge in [0.2, 0.25) is 0 Å². The zero-order valence-electron chi connectivity index (χ0n) is 11.2. The van der Waals surface area contributed by atoms with Gasteiger partial charge in [-0.3, -0.25) is 4.72 Å². The van der Waals surface area contributed by atoms with Gasteiger partial charge in [0.15, 0.2) is 0 Å². The minimum absolute atomic E-state index is 0.0940. The van der Waals surface area contributed by atoms with Crippen LogP contribution in [0.3, 0.4) is 0 Å². The maximum atomic E-state index is 12.4. The molecule has 1 aromatic carbocycles. The third-order valence-electron chi connectivity index (χ3n) is 2.66. The molecule has 6 nitrogen and oxygen atoms in total. The number of para-hydroxylation sites is 1. The first kappa shape index (κ1) is 16.7. The standard InChI is InChI=1S/C13H10BrClN2O4S/c1-21-13(18)9-4-2-3-5-11(9)17-22(19,20)8-6-10(14)12(15)16-7-8/h2-7,17H,1H3. The highest BCUT2D eigenvalue weighted by Gasteiger charge is 2.20. The second-order valence-corrected chi connectivity index (χ2v) is 6.98. The molecule has 116 valence electrons. The molecule has 1 N–H and O–H groups in total. The Morgan fingerprint density at radius 1 is 1.36 bits per heavy atom. The van der Waals surface area contributed by atoms with Gasteiger partial charge in [0, 0.05) is 6.20 Å². The molecule has 0 saturated carbocycles. The van der Waals surface area contributed by atoms with Gasteiger partial charge in [-0.15, -0.1) is 0 Å². The van der Waals surface area contributed by atoms with Crippen molar-refractivity contribution in [2.24, 2.45) is 0 Å². The van der Waals surface area contributed by atoms with Gasteiger partial charge in [-0.25, -0.2) is 18.2 Å². The van der Waals surface area contributed by atoms with Crippen LogP contribution in [0.1, 0.15) is 10.4 Å². The van der Waals surface area contributed by atoms with Crippen molar-refractivity contribution in [3.05, 3.63) is 51.7 Å². The highest BCUT2D eigenvalue weighted by molar-refractivity contribution is 9.10. The maximum absolute atomic E-state index is 12.4. The maximum Gasteiger partial charge on any atom is 0.339 e. The van der Waals surface area contributed by atoms with Crippen molar-refractivity contribution < 1.29 is 17.9 Å². The van der Waals surface area contributed by atoms with Crippen molar-refractivity contribution in [2.45, 2.75) is 4.90 Å². The fourth-order valence-corrected chi connectivity index (χ4v) is 3.27. The minimum atomic E-state index is -3.93. The van der Waals surface area contributed by atoms with Crippen molar-refractivity contribution in [2.75, 3.05) is 11.8 Å². The number of benzene rings is 1. The number of hydrogen-bond donors (Lipinski definition) is 1. The number of nitrogens with zero attached hydrogens (tertiary/aromatic N) is 1. The lowest BCUT2D eigenvalue weighted by molar-refractivity contribution is 0.0602. The largest absolute Gasteiger partial charge is 0.465 e. The monoisotopic (exact) mass is 404 g/mol. The fraction of sp³-hybridized carbons (Fsp3) is 0.0769. The summed E-state index contributed by atoms with van der Waals surface area (Å²) >= 11 is 8.85. The van der Waals surface area contributed by atoms with E-state index < -0.39 is 16.0 Å². The van der Waals surface area contributed by atoms with Crippen LogP contribution in [-0.4, -0.2) is 26.5 Å². The molecule has 0 spiro atoms. The Bertz CT molecular complexity index is 827. The summed E-state index contributed by atoms with van der Waals surface area (Å²) in [6, 6.07) is 7.44. The molecule has 0 radical (unpaired) electrons. The van der Waals surface area contributed by atoms with E-state index in [4.69, 9.17) is 11.6 Å². The number of carbonyl (C=O) groups is 1. The summed E-state index contributed by atoms with van der Waals surface area (Å²) in [4.78, 5) is 15.3. The molecular weight excluding hydrogens is 396 g/mol. The first-order valence-electron chi connectivity index (χ1n) is 5.86. The number of pyridine rings is 1. The third-order valence-corrected chi connectivity index (χ3v) is 5.12. The summed E-state index contributed by atoms with van der Waals surface area (Å²) in [6.45, 7) is 0. The number of carbonyl (C=O) groups excluding carboxylic acids is 1. The SMILES string of the molecule is COC(=O)c1ccccc1NS(=O)(=O)c1cnc(Cl)c(Br)c1. The third kappa shape index (κ3) is 3.57. The van der Waals surface area contributed by atoms with Gasteiger partial charge in [-0.05, 0) is 34.1 Å². The van der Waals surface area contributed by atoms with E-state index in [0.29, 0.717) is 4.47 Å². The molecule has 0 aliphatic heterocycles. The van der Waals surface area contributed by atoms with Crippen molar-refractivity contribution in [1.29, 1.82) is 0 Å². The molecule has 0 unspecified atom stereocenters. The quantitative estimate of drug-likeness (QED) is 0.624. The normalized spacial score (nSPS) is 11.0. The van der Waals surface area contributed by atoms with Gasteiger partial charge < -0.3 is 4.74 Å². The minimum Gasteiger partial charge on any atom is -0.465 e. The number of aromatic nitrogens is 1. The number of halogens is 2. The molecule has 1 heterocycles. The summed E-state index contributed by atoms with van der Waals surface area (Å²) in [7, 11) is -2.71. The average molecular weight is 406 g/mol. The molecule has 0 aliphatic carbocycles. The van der Waals surface area contributed by atoms with Crippen LogP contribution in [0.2, 0.25) is 5.15 Å². The van der Waals surface area contributed by atoms with Gasteiger partial charge in [-0.1, -0.05) is 23.7 Å². The van der Waals surface area contributed by atoms with Gasteiger partial charge in [0.25, 0.3) is 10.0 Å². The van der Waals surface area contributed by atoms with Crippen LogP contribution in [0.25, 0.3) is 0 Å². The van der Waals surface area contributed by atoms with E-state index in [9.17, 15) is 13.2 Å². The summed E-state index contributed by atoms with van der Waals surface area (Å²) in [5, 5.41) is 0.147. The molecular formula is C13H10BrClN2O4S. The van der Waals surface area contributed by atoms with E-state index in [2.05, 4.69) is 30.4 Å². The number of anilines is 1. The fourth-order valence-electron chi connectivity index (χ4n) is 1.61. The average Bonchev–Trinajstić information content (AvgIpc) is 2.49. The molecule has 0 aliphatic rings. The molecule has 9 heteroatoms. The van der Waals surface area contributed by atoms with Crippen molar-refractivity contribution in [3.63, 3.8) is 0 Å². The summed E-state index contributed by atoms with van der Waals surface area (Å²) in [5.74, 6) is -0.645. The highest BCUT2D eigenvalue weighted by atomic mass is 79.9. The Morgan fingerprint density at radius 2 is 2.05 bits per heavy atom. The van der Waals surface area contributed by atoms with Crippen LogP contribution >= 0.6 is 27.5 Å². The number of methoxy groups -OCH3 is 1. The van der Waals surface area contributed by atoms with E-state index >= 15 is 0 Å². The van der Waals surface area contributed by atoms with Crippen LogP contribution in [0, 0.1) is 0 Å². The number of sulfonamides is 1. The van der Waals surface area contributed by atoms with Gasteiger partial charge in [0.05, 0.1) is 22.8 Å². The Balaban J connectivity index is 2.41. The molecule has 2 aromatic rings. The van der Waals surface area contributed by atoms with E-state index in [1.807, 2.05) is 0 Å². The van der Waals surface area contributed by atoms with E-state index in [1.54, 1.807) is 12.1 Å². The molecule has 0 bridgehead atoms. The van der Waals surface area contributed by atoms with Crippen LogP contribution in [0.4, 0.5) is 5.69 Å². The first-order valence-corrected chi connectivity index (χ1v) is 8.52. The van der Waals surface area contributed by atoms with Crippen molar-refractivity contribution in [3.8, 4) is 0 Å². The smallest absolute Gasteiger partial charge is 0.339 e. The van der Waals surface area contributed by atoms with E-state index in [-0.39, 0.29) is 21.3 Å². The number of esters is 1. The molecule has 1 aromatic heterocycles.